The van der Waals surface area contributed by atoms with Crippen molar-refractivity contribution in [2.75, 3.05) is 13.7 Å². The molecule has 2 N–H and O–H groups in total. The van der Waals surface area contributed by atoms with Crippen LogP contribution in [0.3, 0.4) is 0 Å². The fourth-order valence-electron chi connectivity index (χ4n) is 2.83. The Morgan fingerprint density at radius 2 is 1.89 bits per heavy atom. The zero-order valence-corrected chi connectivity index (χ0v) is 17.2. The molecule has 27 heavy (non-hydrogen) atoms. The summed E-state index contributed by atoms with van der Waals surface area (Å²) < 4.78 is 29.3. The topological polar surface area (TPSA) is 89.7 Å². The van der Waals surface area contributed by atoms with Gasteiger partial charge in [-0.1, -0.05) is 28.1 Å². The Balaban J connectivity index is 1.81. The quantitative estimate of drug-likeness (QED) is 0.774. The molecular weight excluding hydrogens is 432 g/mol. The molecule has 0 aromatic heterocycles. The van der Waals surface area contributed by atoms with Crippen molar-refractivity contribution in [3.63, 3.8) is 0 Å². The number of benzene rings is 2. The predicted octanol–water partition coefficient (Wildman–Crippen LogP) is 3.09. The van der Waals surface area contributed by atoms with Crippen LogP contribution in [0.15, 0.2) is 57.4 Å². The first-order valence-electron chi connectivity index (χ1n) is 8.19. The molecule has 1 aliphatic rings. The van der Waals surface area contributed by atoms with E-state index in [0.717, 1.165) is 21.3 Å². The summed E-state index contributed by atoms with van der Waals surface area (Å²) in [7, 11) is -2.03. The maximum atomic E-state index is 12.9. The number of halogens is 1. The van der Waals surface area contributed by atoms with Crippen molar-refractivity contribution >= 4 is 37.9 Å². The molecule has 0 spiro atoms. The predicted molar refractivity (Wildman–Crippen MR) is 107 cm³/mol. The molecule has 1 amide bonds. The summed E-state index contributed by atoms with van der Waals surface area (Å²) in [5.41, 5.74) is 2.20. The van der Waals surface area contributed by atoms with Gasteiger partial charge in [-0.15, -0.1) is 0 Å². The lowest BCUT2D eigenvalue weighted by molar-refractivity contribution is -0.128. The molecule has 1 heterocycles. The fourth-order valence-corrected chi connectivity index (χ4v) is 3.73. The van der Waals surface area contributed by atoms with Crippen molar-refractivity contribution in [2.24, 2.45) is 5.14 Å². The molecule has 0 bridgehead atoms. The first-order chi connectivity index (χ1) is 12.7. The van der Waals surface area contributed by atoms with Gasteiger partial charge < -0.3 is 9.64 Å². The Morgan fingerprint density at radius 3 is 2.52 bits per heavy atom. The molecule has 0 saturated heterocycles. The normalized spacial score (nSPS) is 14.6. The molecule has 2 aromatic rings. The number of rotatable bonds is 4. The molecule has 0 fully saturated rings. The standard InChI is InChI=1S/C19H19BrN2O4S/c1-12(13-3-6-17(7-4-13)27(21,24)25)22(2)19(23)15-9-14-10-16(20)5-8-18(14)26-11-15/h3-10,12H,11H2,1-2H3,(H2,21,24,25)/t12-/m1/s1. The fraction of sp³-hybridized carbons (Fsp3) is 0.211. The molecule has 8 heteroatoms. The van der Waals surface area contributed by atoms with Gasteiger partial charge in [0.25, 0.3) is 5.91 Å². The second kappa shape index (κ2) is 7.46. The molecule has 2 aromatic carbocycles. The van der Waals surface area contributed by atoms with Crippen LogP contribution in [0, 0.1) is 0 Å². The number of fused-ring (bicyclic) bond motifs is 1. The number of nitrogens with zero attached hydrogens (tertiary/aromatic N) is 1. The Labute approximate surface area is 166 Å². The summed E-state index contributed by atoms with van der Waals surface area (Å²) in [6.45, 7) is 2.08. The van der Waals surface area contributed by atoms with Crippen molar-refractivity contribution < 1.29 is 17.9 Å². The van der Waals surface area contributed by atoms with Gasteiger partial charge in [0, 0.05) is 17.1 Å². The van der Waals surface area contributed by atoms with E-state index in [-0.39, 0.29) is 23.5 Å². The second-order valence-electron chi connectivity index (χ2n) is 6.35. The van der Waals surface area contributed by atoms with Crippen LogP contribution in [0.1, 0.15) is 24.1 Å². The third-order valence-electron chi connectivity index (χ3n) is 4.55. The van der Waals surface area contributed by atoms with E-state index < -0.39 is 10.0 Å². The molecule has 1 atom stereocenters. The first kappa shape index (κ1) is 19.6. The number of amides is 1. The van der Waals surface area contributed by atoms with E-state index in [9.17, 15) is 13.2 Å². The van der Waals surface area contributed by atoms with Crippen LogP contribution in [0.25, 0.3) is 6.08 Å². The van der Waals surface area contributed by atoms with E-state index in [1.165, 1.54) is 12.1 Å². The van der Waals surface area contributed by atoms with E-state index in [2.05, 4.69) is 15.9 Å². The maximum absolute atomic E-state index is 12.9. The van der Waals surface area contributed by atoms with Crippen molar-refractivity contribution in [1.82, 2.24) is 4.90 Å². The highest BCUT2D eigenvalue weighted by Gasteiger charge is 2.24. The van der Waals surface area contributed by atoms with Gasteiger partial charge in [-0.2, -0.15) is 0 Å². The van der Waals surface area contributed by atoms with Crippen LogP contribution in [0.4, 0.5) is 0 Å². The van der Waals surface area contributed by atoms with Gasteiger partial charge >= 0.3 is 0 Å². The summed E-state index contributed by atoms with van der Waals surface area (Å²) >= 11 is 3.42. The molecule has 0 aliphatic carbocycles. The van der Waals surface area contributed by atoms with E-state index in [4.69, 9.17) is 9.88 Å². The average Bonchev–Trinajstić information content (AvgIpc) is 2.65. The van der Waals surface area contributed by atoms with Crippen LogP contribution < -0.4 is 9.88 Å². The average molecular weight is 451 g/mol. The van der Waals surface area contributed by atoms with Crippen molar-refractivity contribution in [3.8, 4) is 5.75 Å². The largest absolute Gasteiger partial charge is 0.488 e. The number of sulfonamides is 1. The Morgan fingerprint density at radius 1 is 1.22 bits per heavy atom. The van der Waals surface area contributed by atoms with Crippen molar-refractivity contribution in [2.45, 2.75) is 17.9 Å². The van der Waals surface area contributed by atoms with E-state index in [1.807, 2.05) is 31.2 Å². The smallest absolute Gasteiger partial charge is 0.253 e. The van der Waals surface area contributed by atoms with Crippen LogP contribution in [-0.2, 0) is 14.8 Å². The van der Waals surface area contributed by atoms with E-state index >= 15 is 0 Å². The minimum absolute atomic E-state index is 0.0398. The van der Waals surface area contributed by atoms with Crippen LogP contribution >= 0.6 is 15.9 Å². The SMILES string of the molecule is C[C@H](c1ccc(S(N)(=O)=O)cc1)N(C)C(=O)C1=Cc2cc(Br)ccc2OC1. The number of hydrogen-bond donors (Lipinski definition) is 1. The molecule has 0 saturated carbocycles. The van der Waals surface area contributed by atoms with E-state index in [0.29, 0.717) is 5.57 Å². The number of primary sulfonamides is 1. The van der Waals surface area contributed by atoms with Gasteiger partial charge in [-0.3, -0.25) is 4.79 Å². The Hall–Kier alpha value is -2.16. The first-order valence-corrected chi connectivity index (χ1v) is 10.5. The lowest BCUT2D eigenvalue weighted by atomic mass is 10.0. The minimum Gasteiger partial charge on any atom is -0.488 e. The highest BCUT2D eigenvalue weighted by Crippen LogP contribution is 2.30. The van der Waals surface area contributed by atoms with Crippen LogP contribution in [-0.4, -0.2) is 32.9 Å². The zero-order valence-electron chi connectivity index (χ0n) is 14.8. The number of ether oxygens (including phenoxy) is 1. The van der Waals surface area contributed by atoms with E-state index in [1.54, 1.807) is 24.1 Å². The monoisotopic (exact) mass is 450 g/mol. The van der Waals surface area contributed by atoms with Crippen LogP contribution in [0.2, 0.25) is 0 Å². The molecule has 6 nitrogen and oxygen atoms in total. The summed E-state index contributed by atoms with van der Waals surface area (Å²) in [5, 5.41) is 5.12. The Kier molecular flexibility index (Phi) is 5.41. The zero-order chi connectivity index (χ0) is 19.8. The Bertz CT molecular complexity index is 1020. The number of hydrogen-bond acceptors (Lipinski definition) is 4. The molecule has 3 rings (SSSR count). The lowest BCUT2D eigenvalue weighted by Gasteiger charge is -2.28. The van der Waals surface area contributed by atoms with Gasteiger partial charge in [0.1, 0.15) is 12.4 Å². The summed E-state index contributed by atoms with van der Waals surface area (Å²) in [4.78, 5) is 14.5. The number of carbonyl (C=O) groups is 1. The van der Waals surface area contributed by atoms with Crippen LogP contribution in [0.5, 0.6) is 5.75 Å². The number of nitrogens with two attached hydrogens (primary N) is 1. The lowest BCUT2D eigenvalue weighted by Crippen LogP contribution is -2.33. The minimum atomic E-state index is -3.74. The molecule has 0 radical (unpaired) electrons. The highest BCUT2D eigenvalue weighted by atomic mass is 79.9. The molecule has 1 aliphatic heterocycles. The molecule has 142 valence electrons. The summed E-state index contributed by atoms with van der Waals surface area (Å²) in [6, 6.07) is 11.6. The third-order valence-corrected chi connectivity index (χ3v) is 5.97. The maximum Gasteiger partial charge on any atom is 0.253 e. The van der Waals surface area contributed by atoms with Crippen molar-refractivity contribution in [1.29, 1.82) is 0 Å². The third kappa shape index (κ3) is 4.23. The molecule has 0 unspecified atom stereocenters. The summed E-state index contributed by atoms with van der Waals surface area (Å²) in [5.74, 6) is 0.590. The van der Waals surface area contributed by atoms with Gasteiger partial charge in [0.2, 0.25) is 10.0 Å². The second-order valence-corrected chi connectivity index (χ2v) is 8.82. The number of likely N-dealkylation sites (N-methyl/N-ethyl adjacent to an activating group) is 1. The van der Waals surface area contributed by atoms with Gasteiger partial charge in [0.15, 0.2) is 0 Å². The molecular formula is C19H19BrN2O4S. The van der Waals surface area contributed by atoms with Gasteiger partial charge in [-0.25, -0.2) is 13.6 Å². The summed E-state index contributed by atoms with van der Waals surface area (Å²) in [6.07, 6.45) is 1.83. The number of carbonyl (C=O) groups excluding carboxylic acids is 1. The van der Waals surface area contributed by atoms with Crippen molar-refractivity contribution in [3.05, 3.63) is 63.6 Å². The van der Waals surface area contributed by atoms with Gasteiger partial charge in [-0.05, 0) is 48.9 Å². The van der Waals surface area contributed by atoms with Gasteiger partial charge in [0.05, 0.1) is 16.5 Å². The highest BCUT2D eigenvalue weighted by molar-refractivity contribution is 9.10.